The minimum atomic E-state index is -0.407. The highest BCUT2D eigenvalue weighted by Crippen LogP contribution is 2.29. The minimum absolute atomic E-state index is 0.102. The Bertz CT molecular complexity index is 482. The molecule has 0 saturated heterocycles. The number of hydrogen-bond donors (Lipinski definition) is 3. The Morgan fingerprint density at radius 1 is 1.07 bits per heavy atom. The summed E-state index contributed by atoms with van der Waals surface area (Å²) in [6, 6.07) is 10.4. The third kappa shape index (κ3) is 1.67. The molecule has 3 nitrogen and oxygen atoms in total. The molecule has 0 aromatic heterocycles. The van der Waals surface area contributed by atoms with Crippen LogP contribution in [0.4, 0.5) is 0 Å². The van der Waals surface area contributed by atoms with Crippen molar-refractivity contribution in [1.82, 2.24) is 0 Å². The molecule has 2 aromatic carbocycles. The number of aromatic hydroxyl groups is 1. The number of benzene rings is 2. The number of nitrogens with two attached hydrogens (primary N) is 1. The molecule has 0 aliphatic rings. The van der Waals surface area contributed by atoms with Crippen LogP contribution in [0.2, 0.25) is 0 Å². The van der Waals surface area contributed by atoms with Crippen molar-refractivity contribution in [3.8, 4) is 5.75 Å². The molecule has 2 aromatic rings. The van der Waals surface area contributed by atoms with Crippen molar-refractivity contribution in [2.45, 2.75) is 6.04 Å². The molecule has 0 saturated carbocycles. The van der Waals surface area contributed by atoms with E-state index in [-0.39, 0.29) is 12.4 Å². The second-order valence-electron chi connectivity index (χ2n) is 3.51. The standard InChI is InChI=1S/C12H13NO2/c13-11(7-14)9-5-6-12(15)10-4-2-1-3-8(9)10/h1-6,11,14-15H,7,13H2/t11-/m0/s1. The monoisotopic (exact) mass is 203 g/mol. The van der Waals surface area contributed by atoms with E-state index in [9.17, 15) is 5.11 Å². The van der Waals surface area contributed by atoms with E-state index in [2.05, 4.69) is 0 Å². The highest BCUT2D eigenvalue weighted by molar-refractivity contribution is 5.91. The van der Waals surface area contributed by atoms with Crippen molar-refractivity contribution in [3.63, 3.8) is 0 Å². The van der Waals surface area contributed by atoms with E-state index in [1.807, 2.05) is 24.3 Å². The Balaban J connectivity index is 2.71. The van der Waals surface area contributed by atoms with Gasteiger partial charge in [-0.3, -0.25) is 0 Å². The van der Waals surface area contributed by atoms with Gasteiger partial charge in [0, 0.05) is 5.39 Å². The van der Waals surface area contributed by atoms with Gasteiger partial charge in [-0.2, -0.15) is 0 Å². The molecule has 2 rings (SSSR count). The van der Waals surface area contributed by atoms with Crippen LogP contribution in [0, 0.1) is 0 Å². The molecule has 0 aliphatic carbocycles. The van der Waals surface area contributed by atoms with Crippen LogP contribution >= 0.6 is 0 Å². The highest BCUT2D eigenvalue weighted by Gasteiger charge is 2.10. The summed E-state index contributed by atoms with van der Waals surface area (Å²) in [4.78, 5) is 0. The van der Waals surface area contributed by atoms with Gasteiger partial charge in [-0.1, -0.05) is 30.3 Å². The first-order chi connectivity index (χ1) is 7.24. The van der Waals surface area contributed by atoms with Crippen LogP contribution in [0.1, 0.15) is 11.6 Å². The van der Waals surface area contributed by atoms with Crippen LogP contribution in [0.3, 0.4) is 0 Å². The van der Waals surface area contributed by atoms with E-state index in [0.717, 1.165) is 16.3 Å². The molecular weight excluding hydrogens is 190 g/mol. The molecule has 0 bridgehead atoms. The molecule has 0 fully saturated rings. The molecule has 0 unspecified atom stereocenters. The van der Waals surface area contributed by atoms with Crippen molar-refractivity contribution < 1.29 is 10.2 Å². The van der Waals surface area contributed by atoms with E-state index in [0.29, 0.717) is 0 Å². The van der Waals surface area contributed by atoms with E-state index in [1.165, 1.54) is 0 Å². The second-order valence-corrected chi connectivity index (χ2v) is 3.51. The quantitative estimate of drug-likeness (QED) is 0.693. The first-order valence-corrected chi connectivity index (χ1v) is 4.81. The lowest BCUT2D eigenvalue weighted by Gasteiger charge is -2.12. The van der Waals surface area contributed by atoms with Gasteiger partial charge in [0.25, 0.3) is 0 Å². The first-order valence-electron chi connectivity index (χ1n) is 4.81. The van der Waals surface area contributed by atoms with Crippen LogP contribution in [-0.4, -0.2) is 16.8 Å². The van der Waals surface area contributed by atoms with Crippen LogP contribution in [-0.2, 0) is 0 Å². The maximum atomic E-state index is 9.65. The zero-order valence-electron chi connectivity index (χ0n) is 8.22. The summed E-state index contributed by atoms with van der Waals surface area (Å²) in [6.07, 6.45) is 0. The number of rotatable bonds is 2. The average Bonchev–Trinajstić information content (AvgIpc) is 2.29. The molecule has 4 N–H and O–H groups in total. The van der Waals surface area contributed by atoms with Gasteiger partial charge in [0.1, 0.15) is 5.75 Å². The highest BCUT2D eigenvalue weighted by atomic mass is 16.3. The van der Waals surface area contributed by atoms with Gasteiger partial charge in [-0.25, -0.2) is 0 Å². The average molecular weight is 203 g/mol. The Hall–Kier alpha value is -1.58. The van der Waals surface area contributed by atoms with Crippen molar-refractivity contribution in [2.24, 2.45) is 5.73 Å². The Labute approximate surface area is 87.8 Å². The Kier molecular flexibility index (Phi) is 2.58. The van der Waals surface area contributed by atoms with Gasteiger partial charge >= 0.3 is 0 Å². The predicted octanol–water partition coefficient (Wildman–Crippen LogP) is 1.54. The van der Waals surface area contributed by atoms with Crippen LogP contribution in [0.15, 0.2) is 36.4 Å². The fourth-order valence-electron chi connectivity index (χ4n) is 1.73. The summed E-state index contributed by atoms with van der Waals surface area (Å²) in [5, 5.41) is 20.3. The number of aliphatic hydroxyl groups excluding tert-OH is 1. The fraction of sp³-hybridized carbons (Fsp3) is 0.167. The normalized spacial score (nSPS) is 12.9. The Morgan fingerprint density at radius 2 is 1.73 bits per heavy atom. The lowest BCUT2D eigenvalue weighted by Crippen LogP contribution is -2.14. The summed E-state index contributed by atoms with van der Waals surface area (Å²) in [7, 11) is 0. The van der Waals surface area contributed by atoms with Gasteiger partial charge in [0.2, 0.25) is 0 Å². The topological polar surface area (TPSA) is 66.5 Å². The van der Waals surface area contributed by atoms with E-state index in [4.69, 9.17) is 10.8 Å². The third-order valence-corrected chi connectivity index (χ3v) is 2.53. The van der Waals surface area contributed by atoms with Crippen LogP contribution in [0.25, 0.3) is 10.8 Å². The first kappa shape index (κ1) is 9.96. The van der Waals surface area contributed by atoms with Crippen LogP contribution in [0.5, 0.6) is 5.75 Å². The number of phenolic OH excluding ortho intramolecular Hbond substituents is 1. The van der Waals surface area contributed by atoms with Crippen LogP contribution < -0.4 is 5.73 Å². The predicted molar refractivity (Wildman–Crippen MR) is 59.6 cm³/mol. The maximum absolute atomic E-state index is 9.65. The van der Waals surface area contributed by atoms with Gasteiger partial charge in [-0.05, 0) is 17.0 Å². The second kappa shape index (κ2) is 3.88. The molecular formula is C12H13NO2. The Morgan fingerprint density at radius 3 is 2.40 bits per heavy atom. The maximum Gasteiger partial charge on any atom is 0.123 e. The zero-order chi connectivity index (χ0) is 10.8. The summed E-state index contributed by atoms with van der Waals surface area (Å²) in [6.45, 7) is -0.102. The fourth-order valence-corrected chi connectivity index (χ4v) is 1.73. The largest absolute Gasteiger partial charge is 0.507 e. The molecule has 78 valence electrons. The number of hydrogen-bond acceptors (Lipinski definition) is 3. The SMILES string of the molecule is N[C@@H](CO)c1ccc(O)c2ccccc12. The molecule has 0 radical (unpaired) electrons. The summed E-state index contributed by atoms with van der Waals surface area (Å²) in [5.74, 6) is 0.236. The van der Waals surface area contributed by atoms with Gasteiger partial charge in [0.05, 0.1) is 12.6 Å². The zero-order valence-corrected chi connectivity index (χ0v) is 8.22. The van der Waals surface area contributed by atoms with E-state index >= 15 is 0 Å². The van der Waals surface area contributed by atoms with Gasteiger partial charge in [-0.15, -0.1) is 0 Å². The molecule has 1 atom stereocenters. The smallest absolute Gasteiger partial charge is 0.123 e. The van der Waals surface area contributed by atoms with Crippen molar-refractivity contribution in [1.29, 1.82) is 0 Å². The van der Waals surface area contributed by atoms with Crippen molar-refractivity contribution in [2.75, 3.05) is 6.61 Å². The third-order valence-electron chi connectivity index (χ3n) is 2.53. The molecule has 0 spiro atoms. The lowest BCUT2D eigenvalue weighted by atomic mass is 9.99. The van der Waals surface area contributed by atoms with Gasteiger partial charge in [0.15, 0.2) is 0 Å². The molecule has 0 amide bonds. The lowest BCUT2D eigenvalue weighted by molar-refractivity contribution is 0.268. The van der Waals surface area contributed by atoms with Gasteiger partial charge < -0.3 is 15.9 Å². The number of fused-ring (bicyclic) bond motifs is 1. The molecule has 0 aliphatic heterocycles. The molecule has 3 heteroatoms. The molecule has 0 heterocycles. The van der Waals surface area contributed by atoms with E-state index in [1.54, 1.807) is 12.1 Å². The minimum Gasteiger partial charge on any atom is -0.507 e. The molecule has 15 heavy (non-hydrogen) atoms. The number of aliphatic hydroxyl groups is 1. The van der Waals surface area contributed by atoms with Crippen molar-refractivity contribution >= 4 is 10.8 Å². The summed E-state index contributed by atoms with van der Waals surface area (Å²) < 4.78 is 0. The van der Waals surface area contributed by atoms with E-state index < -0.39 is 6.04 Å². The summed E-state index contributed by atoms with van der Waals surface area (Å²) >= 11 is 0. The number of phenols is 1. The summed E-state index contributed by atoms with van der Waals surface area (Å²) in [5.41, 5.74) is 6.63. The van der Waals surface area contributed by atoms with Crippen molar-refractivity contribution in [3.05, 3.63) is 42.0 Å².